The number of hydrogen-bond acceptors (Lipinski definition) is 4. The fourth-order valence-electron chi connectivity index (χ4n) is 2.60. The molecule has 0 aliphatic heterocycles. The number of para-hydroxylation sites is 1. The smallest absolute Gasteiger partial charge is 0.344 e. The first-order valence-corrected chi connectivity index (χ1v) is 8.57. The largest absolute Gasteiger partial charge is 0.481 e. The van der Waals surface area contributed by atoms with Crippen molar-refractivity contribution >= 4 is 29.2 Å². The summed E-state index contributed by atoms with van der Waals surface area (Å²) < 4.78 is 10.5. The van der Waals surface area contributed by atoms with E-state index in [1.54, 1.807) is 6.07 Å². The maximum absolute atomic E-state index is 12.0. The van der Waals surface area contributed by atoms with Crippen molar-refractivity contribution in [3.8, 4) is 5.75 Å². The van der Waals surface area contributed by atoms with Crippen molar-refractivity contribution < 1.29 is 19.1 Å². The number of nitrogens with one attached hydrogen (secondary N) is 1. The van der Waals surface area contributed by atoms with Crippen LogP contribution in [-0.2, 0) is 14.3 Å². The molecular formula is C20H22ClNO4. The lowest BCUT2D eigenvalue weighted by molar-refractivity contribution is -0.149. The number of carbonyl (C=O) groups is 2. The summed E-state index contributed by atoms with van der Waals surface area (Å²) >= 11 is 6.15. The Morgan fingerprint density at radius 3 is 2.27 bits per heavy atom. The Balaban J connectivity index is 1.85. The van der Waals surface area contributed by atoms with Crippen LogP contribution in [0.5, 0.6) is 5.75 Å². The number of esters is 1. The molecule has 0 saturated heterocycles. The second-order valence-electron chi connectivity index (χ2n) is 6.16. The standard InChI is InChI=1S/C20H22ClNO4/c1-12-8-15(4)19(16(21)9-12)22-17(23)10-25-18(24)11-26-20-13(2)6-5-7-14(20)3/h5-9H,10-11H2,1-4H3,(H,22,23). The molecule has 26 heavy (non-hydrogen) atoms. The zero-order valence-corrected chi connectivity index (χ0v) is 16.1. The predicted molar refractivity (Wildman–Crippen MR) is 102 cm³/mol. The highest BCUT2D eigenvalue weighted by Gasteiger charge is 2.13. The monoisotopic (exact) mass is 375 g/mol. The van der Waals surface area contributed by atoms with Crippen LogP contribution in [0.25, 0.3) is 0 Å². The molecule has 138 valence electrons. The lowest BCUT2D eigenvalue weighted by Crippen LogP contribution is -2.24. The van der Waals surface area contributed by atoms with E-state index in [0.29, 0.717) is 16.5 Å². The van der Waals surface area contributed by atoms with Crippen molar-refractivity contribution in [1.82, 2.24) is 0 Å². The van der Waals surface area contributed by atoms with Crippen molar-refractivity contribution in [3.05, 3.63) is 57.6 Å². The minimum absolute atomic E-state index is 0.261. The van der Waals surface area contributed by atoms with Gasteiger partial charge in [0.05, 0.1) is 10.7 Å². The lowest BCUT2D eigenvalue weighted by atomic mass is 10.1. The summed E-state index contributed by atoms with van der Waals surface area (Å²) in [6.07, 6.45) is 0. The molecule has 0 spiro atoms. The van der Waals surface area contributed by atoms with Crippen molar-refractivity contribution in [2.24, 2.45) is 0 Å². The van der Waals surface area contributed by atoms with E-state index < -0.39 is 18.5 Å². The molecule has 0 radical (unpaired) electrons. The fourth-order valence-corrected chi connectivity index (χ4v) is 2.96. The van der Waals surface area contributed by atoms with Gasteiger partial charge in [-0.1, -0.05) is 35.9 Å². The molecule has 5 nitrogen and oxygen atoms in total. The number of amides is 1. The number of benzene rings is 2. The van der Waals surface area contributed by atoms with Crippen molar-refractivity contribution in [3.63, 3.8) is 0 Å². The Morgan fingerprint density at radius 2 is 1.65 bits per heavy atom. The van der Waals surface area contributed by atoms with E-state index in [4.69, 9.17) is 21.1 Å². The van der Waals surface area contributed by atoms with Crippen molar-refractivity contribution in [2.75, 3.05) is 18.5 Å². The SMILES string of the molecule is Cc1cc(C)c(NC(=O)COC(=O)COc2c(C)cccc2C)c(Cl)c1. The highest BCUT2D eigenvalue weighted by Crippen LogP contribution is 2.27. The van der Waals surface area contributed by atoms with Crippen molar-refractivity contribution in [2.45, 2.75) is 27.7 Å². The van der Waals surface area contributed by atoms with Crippen LogP contribution in [0.4, 0.5) is 5.69 Å². The van der Waals surface area contributed by atoms with Gasteiger partial charge in [-0.15, -0.1) is 0 Å². The van der Waals surface area contributed by atoms with Crippen LogP contribution in [0.2, 0.25) is 5.02 Å². The highest BCUT2D eigenvalue weighted by molar-refractivity contribution is 6.34. The zero-order valence-electron chi connectivity index (χ0n) is 15.3. The Bertz CT molecular complexity index is 789. The molecule has 2 aromatic rings. The third kappa shape index (κ3) is 5.23. The summed E-state index contributed by atoms with van der Waals surface area (Å²) in [5.41, 5.74) is 4.22. The number of anilines is 1. The van der Waals surface area contributed by atoms with E-state index in [2.05, 4.69) is 5.32 Å². The molecule has 0 saturated carbocycles. The summed E-state index contributed by atoms with van der Waals surface area (Å²) in [5, 5.41) is 3.11. The summed E-state index contributed by atoms with van der Waals surface area (Å²) in [4.78, 5) is 23.8. The molecule has 0 aliphatic rings. The van der Waals surface area contributed by atoms with Gasteiger partial charge in [0.25, 0.3) is 5.91 Å². The van der Waals surface area contributed by atoms with Crippen LogP contribution in [-0.4, -0.2) is 25.1 Å². The van der Waals surface area contributed by atoms with Crippen LogP contribution < -0.4 is 10.1 Å². The molecule has 0 aromatic heterocycles. The Morgan fingerprint density at radius 1 is 1.00 bits per heavy atom. The first-order valence-electron chi connectivity index (χ1n) is 8.19. The van der Waals surface area contributed by atoms with Gasteiger partial charge in [-0.2, -0.15) is 0 Å². The third-order valence-corrected chi connectivity index (χ3v) is 4.10. The fraction of sp³-hybridized carbons (Fsp3) is 0.300. The second kappa shape index (κ2) is 8.72. The van der Waals surface area contributed by atoms with E-state index >= 15 is 0 Å². The Labute approximate surface area is 158 Å². The average molecular weight is 376 g/mol. The summed E-state index contributed by atoms with van der Waals surface area (Å²) in [7, 11) is 0. The van der Waals surface area contributed by atoms with Crippen molar-refractivity contribution in [1.29, 1.82) is 0 Å². The van der Waals surface area contributed by atoms with Gasteiger partial charge in [0, 0.05) is 0 Å². The molecule has 0 unspecified atom stereocenters. The molecule has 1 amide bonds. The van der Waals surface area contributed by atoms with E-state index in [1.165, 1.54) is 0 Å². The van der Waals surface area contributed by atoms with E-state index in [0.717, 1.165) is 22.3 Å². The number of hydrogen-bond donors (Lipinski definition) is 1. The normalized spacial score (nSPS) is 10.3. The summed E-state index contributed by atoms with van der Waals surface area (Å²) in [6, 6.07) is 9.38. The maximum Gasteiger partial charge on any atom is 0.344 e. The molecule has 0 bridgehead atoms. The molecule has 0 fully saturated rings. The first kappa shape index (κ1) is 19.8. The minimum atomic E-state index is -0.616. The topological polar surface area (TPSA) is 64.6 Å². The molecule has 0 heterocycles. The van der Waals surface area contributed by atoms with E-state index in [1.807, 2.05) is 52.0 Å². The minimum Gasteiger partial charge on any atom is -0.481 e. The van der Waals surface area contributed by atoms with Crippen LogP contribution >= 0.6 is 11.6 Å². The van der Waals surface area contributed by atoms with Gasteiger partial charge >= 0.3 is 5.97 Å². The number of ether oxygens (including phenoxy) is 2. The Hall–Kier alpha value is -2.53. The highest BCUT2D eigenvalue weighted by atomic mass is 35.5. The lowest BCUT2D eigenvalue weighted by Gasteiger charge is -2.13. The molecule has 1 N–H and O–H groups in total. The van der Waals surface area contributed by atoms with E-state index in [-0.39, 0.29) is 6.61 Å². The number of aryl methyl sites for hydroxylation is 4. The molecule has 0 atom stereocenters. The van der Waals surface area contributed by atoms with Crippen LogP contribution in [0.1, 0.15) is 22.3 Å². The van der Waals surface area contributed by atoms with E-state index in [9.17, 15) is 9.59 Å². The van der Waals surface area contributed by atoms with Crippen LogP contribution in [0.15, 0.2) is 30.3 Å². The zero-order chi connectivity index (χ0) is 19.3. The average Bonchev–Trinajstić information content (AvgIpc) is 2.55. The second-order valence-corrected chi connectivity index (χ2v) is 6.56. The maximum atomic E-state index is 12.0. The van der Waals surface area contributed by atoms with Gasteiger partial charge in [0.15, 0.2) is 13.2 Å². The van der Waals surface area contributed by atoms with Gasteiger partial charge in [0.1, 0.15) is 5.75 Å². The molecule has 2 rings (SSSR count). The van der Waals surface area contributed by atoms with Gasteiger partial charge in [-0.25, -0.2) is 4.79 Å². The van der Waals surface area contributed by atoms with Gasteiger partial charge in [-0.05, 0) is 56.0 Å². The van der Waals surface area contributed by atoms with Gasteiger partial charge < -0.3 is 14.8 Å². The number of rotatable bonds is 6. The number of halogens is 1. The molecule has 0 aliphatic carbocycles. The molecule has 6 heteroatoms. The van der Waals surface area contributed by atoms with Gasteiger partial charge in [0.2, 0.25) is 0 Å². The quantitative estimate of drug-likeness (QED) is 0.771. The van der Waals surface area contributed by atoms with Crippen LogP contribution in [0, 0.1) is 27.7 Å². The molecule has 2 aromatic carbocycles. The third-order valence-electron chi connectivity index (χ3n) is 3.80. The first-order chi connectivity index (χ1) is 12.3. The summed E-state index contributed by atoms with van der Waals surface area (Å²) in [5.74, 6) is -0.426. The summed E-state index contributed by atoms with van der Waals surface area (Å²) in [6.45, 7) is 6.90. The van der Waals surface area contributed by atoms with Crippen LogP contribution in [0.3, 0.4) is 0 Å². The molecular weight excluding hydrogens is 354 g/mol. The Kier molecular flexibility index (Phi) is 6.64. The van der Waals surface area contributed by atoms with Gasteiger partial charge in [-0.3, -0.25) is 4.79 Å². The predicted octanol–water partition coefficient (Wildman–Crippen LogP) is 4.13. The number of carbonyl (C=O) groups excluding carboxylic acids is 2.